The summed E-state index contributed by atoms with van der Waals surface area (Å²) in [6, 6.07) is 15.5. The fraction of sp³-hybridized carbons (Fsp3) is 0.273. The first-order valence-corrected chi connectivity index (χ1v) is 9.18. The summed E-state index contributed by atoms with van der Waals surface area (Å²) in [6.07, 6.45) is 0.691. The third-order valence-electron chi connectivity index (χ3n) is 4.73. The summed E-state index contributed by atoms with van der Waals surface area (Å²) < 4.78 is 24.8. The number of halogens is 1. The smallest absolute Gasteiger partial charge is 0.226 e. The van der Waals surface area contributed by atoms with Crippen LogP contribution in [0.1, 0.15) is 37.6 Å². The van der Waals surface area contributed by atoms with Crippen LogP contribution in [0.5, 0.6) is 5.75 Å². The molecular weight excluding hydrogens is 359 g/mol. The second kappa shape index (κ2) is 7.11. The molecule has 2 heterocycles. The summed E-state index contributed by atoms with van der Waals surface area (Å²) in [7, 11) is 0. The van der Waals surface area contributed by atoms with E-state index in [1.165, 1.54) is 12.1 Å². The van der Waals surface area contributed by atoms with Crippen LogP contribution in [0.15, 0.2) is 59.1 Å². The van der Waals surface area contributed by atoms with Gasteiger partial charge in [0.2, 0.25) is 5.91 Å². The van der Waals surface area contributed by atoms with Crippen molar-refractivity contribution in [2.75, 3.05) is 0 Å². The predicted molar refractivity (Wildman–Crippen MR) is 102 cm³/mol. The number of benzene rings is 2. The van der Waals surface area contributed by atoms with Crippen molar-refractivity contribution in [3.05, 3.63) is 71.7 Å². The lowest BCUT2D eigenvalue weighted by Crippen LogP contribution is -2.41. The lowest BCUT2D eigenvalue weighted by Gasteiger charge is -2.37. The molecule has 1 N–H and O–H groups in total. The zero-order chi connectivity index (χ0) is 19.7. The van der Waals surface area contributed by atoms with Gasteiger partial charge in [-0.15, -0.1) is 0 Å². The minimum atomic E-state index is -0.507. The van der Waals surface area contributed by atoms with Crippen molar-refractivity contribution < 1.29 is 18.4 Å². The van der Waals surface area contributed by atoms with Crippen LogP contribution in [-0.2, 0) is 11.2 Å². The van der Waals surface area contributed by atoms with Crippen LogP contribution in [-0.4, -0.2) is 16.7 Å². The number of hydrogen-bond acceptors (Lipinski definition) is 4. The molecule has 4 rings (SSSR count). The largest absolute Gasteiger partial charge is 0.487 e. The van der Waals surface area contributed by atoms with Gasteiger partial charge in [-0.05, 0) is 19.9 Å². The molecule has 0 saturated carbocycles. The number of rotatable bonds is 4. The molecule has 0 bridgehead atoms. The fourth-order valence-corrected chi connectivity index (χ4v) is 3.50. The van der Waals surface area contributed by atoms with Gasteiger partial charge in [0.25, 0.3) is 0 Å². The summed E-state index contributed by atoms with van der Waals surface area (Å²) in [5.74, 6) is 0.550. The zero-order valence-electron chi connectivity index (χ0n) is 15.7. The maximum Gasteiger partial charge on any atom is 0.226 e. The first-order valence-electron chi connectivity index (χ1n) is 9.18. The monoisotopic (exact) mass is 380 g/mol. The van der Waals surface area contributed by atoms with Crippen molar-refractivity contribution in [3.63, 3.8) is 0 Å². The van der Waals surface area contributed by atoms with Gasteiger partial charge < -0.3 is 14.6 Å². The van der Waals surface area contributed by atoms with Gasteiger partial charge in [-0.1, -0.05) is 41.6 Å². The van der Waals surface area contributed by atoms with Crippen LogP contribution in [0.25, 0.3) is 11.3 Å². The molecule has 1 atom stereocenters. The Morgan fingerprint density at radius 2 is 2.00 bits per heavy atom. The molecule has 144 valence electrons. The first-order chi connectivity index (χ1) is 13.4. The third kappa shape index (κ3) is 3.91. The van der Waals surface area contributed by atoms with Crippen LogP contribution >= 0.6 is 0 Å². The van der Waals surface area contributed by atoms with Crippen molar-refractivity contribution in [2.24, 2.45) is 0 Å². The molecule has 5 nitrogen and oxygen atoms in total. The normalized spacial score (nSPS) is 17.5. The third-order valence-corrected chi connectivity index (χ3v) is 4.73. The van der Waals surface area contributed by atoms with Crippen LogP contribution in [0.4, 0.5) is 4.39 Å². The van der Waals surface area contributed by atoms with E-state index < -0.39 is 5.60 Å². The Bertz CT molecular complexity index is 998. The Labute approximate surface area is 162 Å². The van der Waals surface area contributed by atoms with E-state index in [1.54, 1.807) is 12.1 Å². The SMILES string of the molecule is CC1(C)CC(NC(=O)Cc2cc(-c3ccccc3)on2)c2ccc(F)cc2O1. The van der Waals surface area contributed by atoms with E-state index in [0.717, 1.165) is 11.1 Å². The molecular formula is C22H21FN2O3. The summed E-state index contributed by atoms with van der Waals surface area (Å²) in [6.45, 7) is 3.84. The number of aromatic nitrogens is 1. The van der Waals surface area contributed by atoms with Crippen molar-refractivity contribution in [3.8, 4) is 17.1 Å². The highest BCUT2D eigenvalue weighted by Crippen LogP contribution is 2.39. The van der Waals surface area contributed by atoms with E-state index in [0.29, 0.717) is 23.6 Å². The summed E-state index contributed by atoms with van der Waals surface area (Å²) >= 11 is 0. The Morgan fingerprint density at radius 1 is 1.21 bits per heavy atom. The number of fused-ring (bicyclic) bond motifs is 1. The number of carbonyl (C=O) groups excluding carboxylic acids is 1. The van der Waals surface area contributed by atoms with E-state index in [4.69, 9.17) is 9.26 Å². The second-order valence-corrected chi connectivity index (χ2v) is 7.59. The van der Waals surface area contributed by atoms with Crippen LogP contribution in [0.2, 0.25) is 0 Å². The molecule has 0 saturated heterocycles. The summed E-state index contributed by atoms with van der Waals surface area (Å²) in [5, 5.41) is 7.02. The number of nitrogens with one attached hydrogen (secondary N) is 1. The Kier molecular flexibility index (Phi) is 4.63. The Morgan fingerprint density at radius 3 is 2.79 bits per heavy atom. The molecule has 1 aromatic heterocycles. The molecule has 28 heavy (non-hydrogen) atoms. The zero-order valence-corrected chi connectivity index (χ0v) is 15.7. The molecule has 1 aliphatic rings. The van der Waals surface area contributed by atoms with E-state index in [9.17, 15) is 9.18 Å². The molecule has 0 aliphatic carbocycles. The predicted octanol–water partition coefficient (Wildman–Crippen LogP) is 4.44. The molecule has 1 amide bonds. The molecule has 3 aromatic rings. The van der Waals surface area contributed by atoms with Crippen molar-refractivity contribution in [1.82, 2.24) is 10.5 Å². The van der Waals surface area contributed by atoms with Gasteiger partial charge in [0, 0.05) is 29.7 Å². The molecule has 0 radical (unpaired) electrons. The molecule has 0 fully saturated rings. The van der Waals surface area contributed by atoms with Crippen LogP contribution in [0.3, 0.4) is 0 Å². The molecule has 1 aliphatic heterocycles. The van der Waals surface area contributed by atoms with Gasteiger partial charge >= 0.3 is 0 Å². The van der Waals surface area contributed by atoms with Gasteiger partial charge in [-0.2, -0.15) is 0 Å². The first kappa shape index (κ1) is 18.2. The number of ether oxygens (including phenoxy) is 1. The Hall–Kier alpha value is -3.15. The highest BCUT2D eigenvalue weighted by Gasteiger charge is 2.34. The standard InChI is InChI=1S/C22H21FN2O3/c1-22(2)13-18(17-9-8-15(23)10-20(17)27-22)24-21(26)12-16-11-19(28-25-16)14-6-4-3-5-7-14/h3-11,18H,12-13H2,1-2H3,(H,24,26). The minimum Gasteiger partial charge on any atom is -0.487 e. The summed E-state index contributed by atoms with van der Waals surface area (Å²) in [4.78, 5) is 12.6. The maximum absolute atomic E-state index is 13.6. The lowest BCUT2D eigenvalue weighted by molar-refractivity contribution is -0.121. The van der Waals surface area contributed by atoms with E-state index in [1.807, 2.05) is 44.2 Å². The maximum atomic E-state index is 13.6. The van der Waals surface area contributed by atoms with Crippen LogP contribution < -0.4 is 10.1 Å². The van der Waals surface area contributed by atoms with Gasteiger partial charge in [-0.3, -0.25) is 4.79 Å². The number of carbonyl (C=O) groups is 1. The Balaban J connectivity index is 1.48. The lowest BCUT2D eigenvalue weighted by atomic mass is 9.89. The van der Waals surface area contributed by atoms with Gasteiger partial charge in [0.15, 0.2) is 5.76 Å². The van der Waals surface area contributed by atoms with E-state index in [-0.39, 0.29) is 24.2 Å². The van der Waals surface area contributed by atoms with Crippen molar-refractivity contribution in [1.29, 1.82) is 0 Å². The molecule has 6 heteroatoms. The molecule has 1 unspecified atom stereocenters. The summed E-state index contributed by atoms with van der Waals surface area (Å²) in [5.41, 5.74) is 1.73. The quantitative estimate of drug-likeness (QED) is 0.727. The molecule has 0 spiro atoms. The van der Waals surface area contributed by atoms with Gasteiger partial charge in [0.05, 0.1) is 18.2 Å². The number of nitrogens with zero attached hydrogens (tertiary/aromatic N) is 1. The van der Waals surface area contributed by atoms with E-state index in [2.05, 4.69) is 10.5 Å². The average Bonchev–Trinajstić information content (AvgIpc) is 3.09. The van der Waals surface area contributed by atoms with Crippen molar-refractivity contribution >= 4 is 5.91 Å². The van der Waals surface area contributed by atoms with Crippen LogP contribution in [0, 0.1) is 5.82 Å². The topological polar surface area (TPSA) is 64.4 Å². The van der Waals surface area contributed by atoms with Gasteiger partial charge in [0.1, 0.15) is 17.2 Å². The van der Waals surface area contributed by atoms with Crippen molar-refractivity contribution in [2.45, 2.75) is 38.3 Å². The van der Waals surface area contributed by atoms with E-state index >= 15 is 0 Å². The molecule has 2 aromatic carbocycles. The average molecular weight is 380 g/mol. The highest BCUT2D eigenvalue weighted by atomic mass is 19.1. The second-order valence-electron chi connectivity index (χ2n) is 7.59. The highest BCUT2D eigenvalue weighted by molar-refractivity contribution is 5.79. The van der Waals surface area contributed by atoms with Gasteiger partial charge in [-0.25, -0.2) is 4.39 Å². The minimum absolute atomic E-state index is 0.102. The number of hydrogen-bond donors (Lipinski definition) is 1. The fourth-order valence-electron chi connectivity index (χ4n) is 3.50. The number of amides is 1.